The van der Waals surface area contributed by atoms with E-state index in [9.17, 15) is 9.59 Å². The summed E-state index contributed by atoms with van der Waals surface area (Å²) in [6.07, 6.45) is 1.88. The summed E-state index contributed by atoms with van der Waals surface area (Å²) in [7, 11) is 1.57. The third kappa shape index (κ3) is 5.13. The lowest BCUT2D eigenvalue weighted by Crippen LogP contribution is -2.42. The predicted octanol–water partition coefficient (Wildman–Crippen LogP) is 4.49. The van der Waals surface area contributed by atoms with Crippen molar-refractivity contribution in [2.24, 2.45) is 0 Å². The fraction of sp³-hybridized carbons (Fsp3) is 0.222. The minimum Gasteiger partial charge on any atom is -0.497 e. The van der Waals surface area contributed by atoms with E-state index in [4.69, 9.17) is 16.3 Å². The minimum absolute atomic E-state index is 0.295. The Bertz CT molecular complexity index is 1200. The second-order valence-electron chi connectivity index (χ2n) is 8.51. The monoisotopic (exact) mass is 476 g/mol. The normalized spacial score (nSPS) is 18.7. The molecule has 0 aromatic heterocycles. The van der Waals surface area contributed by atoms with Gasteiger partial charge in [0.15, 0.2) is 6.04 Å². The van der Waals surface area contributed by atoms with Crippen LogP contribution >= 0.6 is 11.6 Å². The molecule has 2 atom stereocenters. The van der Waals surface area contributed by atoms with Crippen molar-refractivity contribution in [1.29, 1.82) is 0 Å². The van der Waals surface area contributed by atoms with E-state index in [0.29, 0.717) is 22.3 Å². The quantitative estimate of drug-likeness (QED) is 0.515. The van der Waals surface area contributed by atoms with Gasteiger partial charge >= 0.3 is 5.91 Å². The number of hydrogen-bond acceptors (Lipinski definition) is 3. The van der Waals surface area contributed by atoms with Gasteiger partial charge in [0.1, 0.15) is 5.75 Å². The molecular formula is C27H27ClN3O3+. The van der Waals surface area contributed by atoms with E-state index in [0.717, 1.165) is 11.1 Å². The zero-order valence-corrected chi connectivity index (χ0v) is 20.0. The van der Waals surface area contributed by atoms with Crippen molar-refractivity contribution >= 4 is 29.6 Å². The van der Waals surface area contributed by atoms with Gasteiger partial charge in [-0.1, -0.05) is 49.7 Å². The lowest BCUT2D eigenvalue weighted by Gasteiger charge is -2.15. The summed E-state index contributed by atoms with van der Waals surface area (Å²) < 4.78 is 6.90. The van der Waals surface area contributed by atoms with E-state index in [1.54, 1.807) is 48.2 Å². The number of carbonyl (C=O) groups excluding carboxylic acids is 2. The first-order valence-corrected chi connectivity index (χ1v) is 11.5. The number of halogens is 1. The summed E-state index contributed by atoms with van der Waals surface area (Å²) >= 11 is 6.09. The molecule has 0 saturated carbocycles. The van der Waals surface area contributed by atoms with Gasteiger partial charge in [0.05, 0.1) is 7.11 Å². The molecule has 1 aliphatic rings. The number of nitrogens with one attached hydrogen (secondary N) is 2. The molecule has 1 aliphatic heterocycles. The minimum atomic E-state index is -0.804. The number of nitrogens with zero attached hydrogens (tertiary/aromatic N) is 1. The van der Waals surface area contributed by atoms with Gasteiger partial charge in [0.2, 0.25) is 12.3 Å². The average molecular weight is 477 g/mol. The fourth-order valence-corrected chi connectivity index (χ4v) is 4.06. The molecule has 2 amide bonds. The molecule has 0 unspecified atom stereocenters. The van der Waals surface area contributed by atoms with Gasteiger partial charge in [-0.05, 0) is 60.0 Å². The summed E-state index contributed by atoms with van der Waals surface area (Å²) in [5.41, 5.74) is 6.36. The Morgan fingerprint density at radius 3 is 2.26 bits per heavy atom. The van der Waals surface area contributed by atoms with E-state index < -0.39 is 12.1 Å². The summed E-state index contributed by atoms with van der Waals surface area (Å²) in [4.78, 5) is 26.0. The third-order valence-corrected chi connectivity index (χ3v) is 6.13. The van der Waals surface area contributed by atoms with Crippen LogP contribution in [0.15, 0.2) is 72.8 Å². The van der Waals surface area contributed by atoms with E-state index >= 15 is 0 Å². The van der Waals surface area contributed by atoms with E-state index in [1.165, 1.54) is 5.56 Å². The number of benzene rings is 3. The molecule has 3 aromatic rings. The molecule has 174 valence electrons. The summed E-state index contributed by atoms with van der Waals surface area (Å²) in [6, 6.07) is 21.0. The SMILES string of the molecule is COc1ccc(C(=O)N[C@@H]2C(=O)N/[N+](=C\c3ccc(C(C)C)cc3)[C@@H]2c2ccc(Cl)cc2)cc1. The van der Waals surface area contributed by atoms with Crippen molar-refractivity contribution in [2.45, 2.75) is 31.8 Å². The standard InChI is InChI=1S/C27H26ClN3O3/c1-17(2)19-6-4-18(5-7-19)16-31-25(20-8-12-22(28)13-9-20)24(27(33)30-31)29-26(32)21-10-14-23(34-3)15-11-21/h4-17,24-25H,1-3H3,(H-,29,30,32,33)/p+1/b31-16-/t24-,25+/m0/s1. The van der Waals surface area contributed by atoms with Crippen LogP contribution in [0.25, 0.3) is 0 Å². The summed E-state index contributed by atoms with van der Waals surface area (Å²) in [6.45, 7) is 4.29. The van der Waals surface area contributed by atoms with Crippen LogP contribution in [0.5, 0.6) is 5.75 Å². The molecule has 34 heavy (non-hydrogen) atoms. The first-order chi connectivity index (χ1) is 16.4. The highest BCUT2D eigenvalue weighted by Crippen LogP contribution is 2.27. The molecule has 1 heterocycles. The van der Waals surface area contributed by atoms with Crippen LogP contribution in [0.2, 0.25) is 5.02 Å². The van der Waals surface area contributed by atoms with E-state index in [2.05, 4.69) is 36.7 Å². The van der Waals surface area contributed by atoms with Gasteiger partial charge in [0, 0.05) is 21.7 Å². The maximum Gasteiger partial charge on any atom is 0.304 e. The molecule has 4 rings (SSSR count). The number of hydrazine groups is 1. The highest BCUT2D eigenvalue weighted by Gasteiger charge is 2.47. The van der Waals surface area contributed by atoms with Crippen LogP contribution in [0.3, 0.4) is 0 Å². The number of hydrogen-bond donors (Lipinski definition) is 2. The van der Waals surface area contributed by atoms with Crippen LogP contribution in [0, 0.1) is 0 Å². The van der Waals surface area contributed by atoms with Crippen molar-refractivity contribution in [2.75, 3.05) is 7.11 Å². The molecule has 6 nitrogen and oxygen atoms in total. The first-order valence-electron chi connectivity index (χ1n) is 11.1. The van der Waals surface area contributed by atoms with Crippen LogP contribution < -0.4 is 15.5 Å². The van der Waals surface area contributed by atoms with Gasteiger partial charge in [-0.2, -0.15) is 0 Å². The van der Waals surface area contributed by atoms with E-state index in [1.807, 2.05) is 30.5 Å². The molecule has 2 N–H and O–H groups in total. The molecule has 0 bridgehead atoms. The topological polar surface area (TPSA) is 70.4 Å². The lowest BCUT2D eigenvalue weighted by atomic mass is 9.99. The van der Waals surface area contributed by atoms with Crippen molar-refractivity contribution in [1.82, 2.24) is 10.7 Å². The Hall–Kier alpha value is -3.64. The molecule has 0 spiro atoms. The average Bonchev–Trinajstić information content (AvgIpc) is 3.14. The Morgan fingerprint density at radius 2 is 1.68 bits per heavy atom. The molecule has 0 radical (unpaired) electrons. The summed E-state index contributed by atoms with van der Waals surface area (Å²) in [5.74, 6) is 0.445. The van der Waals surface area contributed by atoms with Gasteiger partial charge in [0.25, 0.3) is 5.91 Å². The van der Waals surface area contributed by atoms with Crippen LogP contribution in [0.4, 0.5) is 0 Å². The van der Waals surface area contributed by atoms with Crippen molar-refractivity contribution in [3.8, 4) is 5.75 Å². The van der Waals surface area contributed by atoms with Gasteiger partial charge in [-0.25, -0.2) is 0 Å². The largest absolute Gasteiger partial charge is 0.497 e. The number of methoxy groups -OCH3 is 1. The van der Waals surface area contributed by atoms with Crippen molar-refractivity contribution in [3.05, 3.63) is 100 Å². The van der Waals surface area contributed by atoms with Gasteiger partial charge in [-0.15, -0.1) is 10.1 Å². The zero-order chi connectivity index (χ0) is 24.2. The van der Waals surface area contributed by atoms with E-state index in [-0.39, 0.29) is 11.8 Å². The smallest absolute Gasteiger partial charge is 0.304 e. The predicted molar refractivity (Wildman–Crippen MR) is 133 cm³/mol. The maximum absolute atomic E-state index is 13.0. The van der Waals surface area contributed by atoms with Crippen molar-refractivity contribution in [3.63, 3.8) is 0 Å². The first kappa shape index (κ1) is 23.5. The molecular weight excluding hydrogens is 450 g/mol. The molecule has 1 saturated heterocycles. The second kappa shape index (κ2) is 10.1. The number of ether oxygens (including phenoxy) is 1. The molecule has 1 fully saturated rings. The van der Waals surface area contributed by atoms with Crippen LogP contribution in [0.1, 0.15) is 52.9 Å². The van der Waals surface area contributed by atoms with Gasteiger partial charge < -0.3 is 10.1 Å². The Morgan fingerprint density at radius 1 is 1.03 bits per heavy atom. The second-order valence-corrected chi connectivity index (χ2v) is 8.95. The summed E-state index contributed by atoms with van der Waals surface area (Å²) in [5, 5.41) is 3.50. The highest BCUT2D eigenvalue weighted by molar-refractivity contribution is 6.30. The fourth-order valence-electron chi connectivity index (χ4n) is 3.93. The molecule has 0 aliphatic carbocycles. The molecule has 3 aromatic carbocycles. The number of amides is 2. The number of carbonyl (C=O) groups is 2. The van der Waals surface area contributed by atoms with Crippen LogP contribution in [-0.4, -0.2) is 35.9 Å². The Labute approximate surface area is 204 Å². The number of rotatable bonds is 6. The highest BCUT2D eigenvalue weighted by atomic mass is 35.5. The number of hydrazone groups is 1. The van der Waals surface area contributed by atoms with Gasteiger partial charge in [-0.3, -0.25) is 9.59 Å². The van der Waals surface area contributed by atoms with Crippen LogP contribution in [-0.2, 0) is 4.79 Å². The zero-order valence-electron chi connectivity index (χ0n) is 19.3. The third-order valence-electron chi connectivity index (χ3n) is 5.88. The Kier molecular flexibility index (Phi) is 6.98. The van der Waals surface area contributed by atoms with Crippen molar-refractivity contribution < 1.29 is 19.0 Å². The maximum atomic E-state index is 13.0. The molecule has 7 heteroatoms. The lowest BCUT2D eigenvalue weighted by molar-refractivity contribution is -0.596. The Balaban J connectivity index is 1.66.